The van der Waals surface area contributed by atoms with E-state index in [1.807, 2.05) is 0 Å². The predicted octanol–water partition coefficient (Wildman–Crippen LogP) is 0.0623. The molecule has 1 aliphatic rings. The summed E-state index contributed by atoms with van der Waals surface area (Å²) in [5.41, 5.74) is 4.52. The maximum atomic E-state index is 12.2. The minimum Gasteiger partial charge on any atom is -0.326 e. The van der Waals surface area contributed by atoms with Gasteiger partial charge in [-0.15, -0.1) is 11.3 Å². The molecule has 1 aromatic rings. The van der Waals surface area contributed by atoms with Crippen molar-refractivity contribution in [2.24, 2.45) is 5.73 Å². The lowest BCUT2D eigenvalue weighted by atomic mass is 10.0. The lowest BCUT2D eigenvalue weighted by Gasteiger charge is -2.22. The molecule has 1 atom stereocenters. The number of nitrogens with one attached hydrogen (secondary N) is 1. The minimum absolute atomic E-state index is 0.0184. The van der Waals surface area contributed by atoms with Crippen LogP contribution >= 0.6 is 11.3 Å². The van der Waals surface area contributed by atoms with Gasteiger partial charge < -0.3 is 5.73 Å². The van der Waals surface area contributed by atoms with Crippen LogP contribution in [0.25, 0.3) is 0 Å². The molecule has 1 saturated heterocycles. The number of nitrogens with two attached hydrogens (primary N) is 1. The van der Waals surface area contributed by atoms with Crippen LogP contribution in [0.15, 0.2) is 16.3 Å². The second-order valence-corrected chi connectivity index (χ2v) is 10.2. The molecule has 0 bridgehead atoms. The average molecular weight is 324 g/mol. The van der Waals surface area contributed by atoms with Crippen LogP contribution in [-0.4, -0.2) is 33.9 Å². The van der Waals surface area contributed by atoms with E-state index < -0.39 is 25.4 Å². The number of thiophene rings is 1. The highest BCUT2D eigenvalue weighted by atomic mass is 32.2. The van der Waals surface area contributed by atoms with E-state index in [0.29, 0.717) is 6.42 Å². The molecule has 0 amide bonds. The van der Waals surface area contributed by atoms with Crippen LogP contribution in [0.4, 0.5) is 0 Å². The predicted molar refractivity (Wildman–Crippen MR) is 74.2 cm³/mol. The largest absolute Gasteiger partial charge is 0.326 e. The summed E-state index contributed by atoms with van der Waals surface area (Å²) < 4.78 is 50.0. The highest BCUT2D eigenvalue weighted by Gasteiger charge is 2.41. The van der Waals surface area contributed by atoms with E-state index in [-0.39, 0.29) is 22.3 Å². The third kappa shape index (κ3) is 3.34. The molecular formula is C10H16N2O4S3. The summed E-state index contributed by atoms with van der Waals surface area (Å²) in [4.78, 5) is 0.768. The molecule has 0 radical (unpaired) electrons. The Bertz CT molecular complexity index is 677. The Labute approximate surface area is 117 Å². The van der Waals surface area contributed by atoms with Gasteiger partial charge in [-0.1, -0.05) is 0 Å². The molecular weight excluding hydrogens is 308 g/mol. The standard InChI is InChI=1S/C10H16N2O4S3/c1-10(4-5-18(13,14)7-10)12-19(15,16)9-3-2-8(6-11)17-9/h2-3,12H,4-7,11H2,1H3. The summed E-state index contributed by atoms with van der Waals surface area (Å²) in [6, 6.07) is 3.15. The fraction of sp³-hybridized carbons (Fsp3) is 0.600. The Hall–Kier alpha value is -0.480. The van der Waals surface area contributed by atoms with Crippen molar-refractivity contribution in [3.8, 4) is 0 Å². The number of sulfone groups is 1. The van der Waals surface area contributed by atoms with E-state index in [1.165, 1.54) is 6.07 Å². The summed E-state index contributed by atoms with van der Waals surface area (Å²) in [6.07, 6.45) is 0.295. The molecule has 108 valence electrons. The van der Waals surface area contributed by atoms with Gasteiger partial charge in [0.2, 0.25) is 0 Å². The van der Waals surface area contributed by atoms with Crippen molar-refractivity contribution < 1.29 is 16.8 Å². The second kappa shape index (κ2) is 4.81. The van der Waals surface area contributed by atoms with Crippen molar-refractivity contribution >= 4 is 31.2 Å². The van der Waals surface area contributed by atoms with Crippen LogP contribution in [-0.2, 0) is 26.4 Å². The Balaban J connectivity index is 2.23. The van der Waals surface area contributed by atoms with Crippen molar-refractivity contribution in [1.82, 2.24) is 4.72 Å². The molecule has 9 heteroatoms. The van der Waals surface area contributed by atoms with Gasteiger partial charge in [0.1, 0.15) is 4.21 Å². The van der Waals surface area contributed by atoms with E-state index in [0.717, 1.165) is 16.2 Å². The molecule has 3 N–H and O–H groups in total. The molecule has 0 spiro atoms. The first-order chi connectivity index (χ1) is 8.66. The number of sulfonamides is 1. The molecule has 2 heterocycles. The molecule has 0 aromatic carbocycles. The van der Waals surface area contributed by atoms with Crippen LogP contribution in [0.2, 0.25) is 0 Å². The van der Waals surface area contributed by atoms with Gasteiger partial charge in [-0.25, -0.2) is 21.6 Å². The fourth-order valence-corrected chi connectivity index (χ4v) is 6.93. The first-order valence-electron chi connectivity index (χ1n) is 5.69. The van der Waals surface area contributed by atoms with E-state index in [4.69, 9.17) is 5.73 Å². The maximum Gasteiger partial charge on any atom is 0.250 e. The minimum atomic E-state index is -3.69. The van der Waals surface area contributed by atoms with E-state index in [2.05, 4.69) is 4.72 Å². The molecule has 0 aliphatic carbocycles. The summed E-state index contributed by atoms with van der Waals surface area (Å²) in [5.74, 6) is -0.140. The van der Waals surface area contributed by atoms with Crippen molar-refractivity contribution in [2.45, 2.75) is 29.6 Å². The number of rotatable bonds is 4. The van der Waals surface area contributed by atoms with Crippen molar-refractivity contribution in [1.29, 1.82) is 0 Å². The van der Waals surface area contributed by atoms with Gasteiger partial charge in [-0.2, -0.15) is 0 Å². The lowest BCUT2D eigenvalue weighted by Crippen LogP contribution is -2.46. The van der Waals surface area contributed by atoms with Crippen molar-refractivity contribution in [3.05, 3.63) is 17.0 Å². The SMILES string of the molecule is CC1(NS(=O)(=O)c2ccc(CN)s2)CCS(=O)(=O)C1. The Morgan fingerprint density at radius 2 is 2.16 bits per heavy atom. The molecule has 1 aromatic heterocycles. The summed E-state index contributed by atoms with van der Waals surface area (Å²) in [6.45, 7) is 1.90. The zero-order chi connectivity index (χ0) is 14.3. The fourth-order valence-electron chi connectivity index (χ4n) is 2.08. The highest BCUT2D eigenvalue weighted by Crippen LogP contribution is 2.27. The summed E-state index contributed by atoms with van der Waals surface area (Å²) in [7, 11) is -6.84. The molecule has 2 rings (SSSR count). The molecule has 1 fully saturated rings. The van der Waals surface area contributed by atoms with Gasteiger partial charge in [0.25, 0.3) is 10.0 Å². The van der Waals surface area contributed by atoms with Crippen LogP contribution < -0.4 is 10.5 Å². The van der Waals surface area contributed by atoms with Crippen molar-refractivity contribution in [2.75, 3.05) is 11.5 Å². The number of hydrogen-bond donors (Lipinski definition) is 2. The molecule has 1 aliphatic heterocycles. The van der Waals surface area contributed by atoms with Crippen molar-refractivity contribution in [3.63, 3.8) is 0 Å². The second-order valence-electron chi connectivity index (χ2n) is 4.93. The van der Waals surface area contributed by atoms with E-state index in [9.17, 15) is 16.8 Å². The lowest BCUT2D eigenvalue weighted by molar-refractivity contribution is 0.462. The van der Waals surface area contributed by atoms with Gasteiger partial charge >= 0.3 is 0 Å². The third-order valence-electron chi connectivity index (χ3n) is 2.99. The van der Waals surface area contributed by atoms with Gasteiger partial charge in [0.15, 0.2) is 9.84 Å². The van der Waals surface area contributed by atoms with E-state index in [1.54, 1.807) is 13.0 Å². The highest BCUT2D eigenvalue weighted by molar-refractivity contribution is 7.92. The summed E-state index contributed by atoms with van der Waals surface area (Å²) in [5, 5.41) is 0. The van der Waals surface area contributed by atoms with Crippen LogP contribution in [0.1, 0.15) is 18.2 Å². The van der Waals surface area contributed by atoms with Gasteiger partial charge in [-0.05, 0) is 25.5 Å². The van der Waals surface area contributed by atoms with Crippen LogP contribution in [0.3, 0.4) is 0 Å². The zero-order valence-corrected chi connectivity index (χ0v) is 12.9. The Morgan fingerprint density at radius 1 is 1.47 bits per heavy atom. The molecule has 19 heavy (non-hydrogen) atoms. The Kier molecular flexibility index (Phi) is 3.78. The quantitative estimate of drug-likeness (QED) is 0.814. The first kappa shape index (κ1) is 14.9. The van der Waals surface area contributed by atoms with Gasteiger partial charge in [0.05, 0.1) is 11.5 Å². The third-order valence-corrected chi connectivity index (χ3v) is 8.13. The summed E-state index contributed by atoms with van der Waals surface area (Å²) >= 11 is 1.10. The topological polar surface area (TPSA) is 106 Å². The number of hydrogen-bond acceptors (Lipinski definition) is 6. The first-order valence-corrected chi connectivity index (χ1v) is 9.81. The molecule has 0 saturated carbocycles. The monoisotopic (exact) mass is 324 g/mol. The zero-order valence-electron chi connectivity index (χ0n) is 10.4. The van der Waals surface area contributed by atoms with Crippen LogP contribution in [0, 0.1) is 0 Å². The van der Waals surface area contributed by atoms with Gasteiger partial charge in [0, 0.05) is 17.0 Å². The smallest absolute Gasteiger partial charge is 0.250 e. The van der Waals surface area contributed by atoms with Crippen LogP contribution in [0.5, 0.6) is 0 Å². The van der Waals surface area contributed by atoms with E-state index >= 15 is 0 Å². The normalized spacial score (nSPS) is 26.6. The average Bonchev–Trinajstić information content (AvgIpc) is 2.83. The van der Waals surface area contributed by atoms with Gasteiger partial charge in [-0.3, -0.25) is 0 Å². The molecule has 1 unspecified atom stereocenters. The maximum absolute atomic E-state index is 12.2. The Morgan fingerprint density at radius 3 is 2.63 bits per heavy atom. The molecule has 6 nitrogen and oxygen atoms in total.